The van der Waals surface area contributed by atoms with Crippen molar-refractivity contribution < 1.29 is 9.59 Å². The van der Waals surface area contributed by atoms with Crippen LogP contribution in [0.25, 0.3) is 10.9 Å². The predicted molar refractivity (Wildman–Crippen MR) is 124 cm³/mol. The van der Waals surface area contributed by atoms with E-state index in [0.717, 1.165) is 42.6 Å². The van der Waals surface area contributed by atoms with Gasteiger partial charge in [0, 0.05) is 56.4 Å². The minimum absolute atomic E-state index is 0.0860. The Morgan fingerprint density at radius 2 is 1.87 bits per heavy atom. The maximum atomic E-state index is 12.4. The summed E-state index contributed by atoms with van der Waals surface area (Å²) in [5.41, 5.74) is 3.39. The summed E-state index contributed by atoms with van der Waals surface area (Å²) in [5, 5.41) is 10.9. The number of benzene rings is 1. The summed E-state index contributed by atoms with van der Waals surface area (Å²) in [6, 6.07) is 10.2. The molecule has 1 unspecified atom stereocenters. The highest BCUT2D eigenvalue weighted by atomic mass is 32.1. The van der Waals surface area contributed by atoms with Crippen LogP contribution in [0.5, 0.6) is 0 Å². The van der Waals surface area contributed by atoms with Crippen molar-refractivity contribution in [3.63, 3.8) is 0 Å². The summed E-state index contributed by atoms with van der Waals surface area (Å²) >= 11 is 1.65. The molecule has 8 heteroatoms. The fourth-order valence-corrected chi connectivity index (χ4v) is 4.76. The number of hydrogen-bond acceptors (Lipinski definition) is 5. The van der Waals surface area contributed by atoms with Crippen LogP contribution in [0.3, 0.4) is 0 Å². The SMILES string of the molecule is CN1CCN(C(CNC(=O)C(=O)NCCc2c[nH]c3ccccc23)c2ccsc2)CC1. The number of carbonyl (C=O) groups excluding carboxylic acids is 2. The van der Waals surface area contributed by atoms with E-state index in [0.29, 0.717) is 19.5 Å². The fourth-order valence-electron chi connectivity index (χ4n) is 4.06. The van der Waals surface area contributed by atoms with Crippen molar-refractivity contribution in [1.29, 1.82) is 0 Å². The Hall–Kier alpha value is -2.68. The molecule has 31 heavy (non-hydrogen) atoms. The lowest BCUT2D eigenvalue weighted by atomic mass is 10.1. The average molecular weight is 440 g/mol. The van der Waals surface area contributed by atoms with E-state index in [1.54, 1.807) is 11.3 Å². The Labute approximate surface area is 186 Å². The Morgan fingerprint density at radius 3 is 2.65 bits per heavy atom. The van der Waals surface area contributed by atoms with Gasteiger partial charge in [-0.05, 0) is 47.5 Å². The van der Waals surface area contributed by atoms with Crippen molar-refractivity contribution in [3.05, 3.63) is 58.4 Å². The van der Waals surface area contributed by atoms with Crippen LogP contribution in [0.2, 0.25) is 0 Å². The molecule has 164 valence electrons. The first kappa shape index (κ1) is 21.5. The van der Waals surface area contributed by atoms with Crippen LogP contribution in [0, 0.1) is 0 Å². The molecule has 1 atom stereocenters. The highest BCUT2D eigenvalue weighted by molar-refractivity contribution is 7.08. The molecule has 3 N–H and O–H groups in total. The zero-order valence-electron chi connectivity index (χ0n) is 17.8. The van der Waals surface area contributed by atoms with E-state index in [9.17, 15) is 9.59 Å². The van der Waals surface area contributed by atoms with Crippen LogP contribution in [-0.4, -0.2) is 72.9 Å². The second-order valence-electron chi connectivity index (χ2n) is 7.99. The number of piperazine rings is 1. The summed E-state index contributed by atoms with van der Waals surface area (Å²) in [6.07, 6.45) is 2.63. The Morgan fingerprint density at radius 1 is 1.10 bits per heavy atom. The molecule has 7 nitrogen and oxygen atoms in total. The molecule has 4 rings (SSSR count). The number of fused-ring (bicyclic) bond motifs is 1. The van der Waals surface area contributed by atoms with Gasteiger partial charge < -0.3 is 20.5 Å². The number of H-pyrrole nitrogens is 1. The number of likely N-dealkylation sites (N-methyl/N-ethyl adjacent to an activating group) is 1. The first-order valence-corrected chi connectivity index (χ1v) is 11.6. The smallest absolute Gasteiger partial charge is 0.309 e. The summed E-state index contributed by atoms with van der Waals surface area (Å²) in [6.45, 7) is 4.74. The molecule has 2 aromatic heterocycles. The number of carbonyl (C=O) groups is 2. The van der Waals surface area contributed by atoms with E-state index < -0.39 is 11.8 Å². The summed E-state index contributed by atoms with van der Waals surface area (Å²) in [7, 11) is 2.12. The number of para-hydroxylation sites is 1. The van der Waals surface area contributed by atoms with Crippen LogP contribution in [0.4, 0.5) is 0 Å². The van der Waals surface area contributed by atoms with Crippen molar-refractivity contribution in [2.45, 2.75) is 12.5 Å². The van der Waals surface area contributed by atoms with Gasteiger partial charge >= 0.3 is 11.8 Å². The normalized spacial score (nSPS) is 16.3. The molecule has 0 saturated carbocycles. The van der Waals surface area contributed by atoms with Gasteiger partial charge in [0.05, 0.1) is 6.04 Å². The van der Waals surface area contributed by atoms with Crippen molar-refractivity contribution in [3.8, 4) is 0 Å². The minimum atomic E-state index is -0.581. The zero-order valence-corrected chi connectivity index (χ0v) is 18.6. The van der Waals surface area contributed by atoms with Gasteiger partial charge in [-0.2, -0.15) is 11.3 Å². The maximum Gasteiger partial charge on any atom is 0.309 e. The van der Waals surface area contributed by atoms with E-state index in [1.165, 1.54) is 5.56 Å². The van der Waals surface area contributed by atoms with Crippen LogP contribution in [0.15, 0.2) is 47.3 Å². The molecule has 1 fully saturated rings. The second-order valence-corrected chi connectivity index (χ2v) is 8.77. The van der Waals surface area contributed by atoms with E-state index in [1.807, 2.05) is 24.4 Å². The van der Waals surface area contributed by atoms with Crippen LogP contribution >= 0.6 is 11.3 Å². The van der Waals surface area contributed by atoms with Crippen molar-refractivity contribution >= 4 is 34.1 Å². The zero-order chi connectivity index (χ0) is 21.6. The lowest BCUT2D eigenvalue weighted by Gasteiger charge is -2.37. The quantitative estimate of drug-likeness (QED) is 0.492. The molecular weight excluding hydrogens is 410 g/mol. The molecular formula is C23H29N5O2S. The molecule has 0 aliphatic carbocycles. The number of nitrogens with zero attached hydrogens (tertiary/aromatic N) is 2. The molecule has 0 spiro atoms. The molecule has 1 aliphatic heterocycles. The summed E-state index contributed by atoms with van der Waals surface area (Å²) < 4.78 is 0. The number of aromatic nitrogens is 1. The number of rotatable bonds is 7. The Bertz CT molecular complexity index is 1010. The maximum absolute atomic E-state index is 12.4. The van der Waals surface area contributed by atoms with Crippen molar-refractivity contribution in [2.24, 2.45) is 0 Å². The molecule has 1 aromatic carbocycles. The van der Waals surface area contributed by atoms with E-state index in [4.69, 9.17) is 0 Å². The highest BCUT2D eigenvalue weighted by Crippen LogP contribution is 2.23. The lowest BCUT2D eigenvalue weighted by molar-refractivity contribution is -0.139. The third-order valence-electron chi connectivity index (χ3n) is 5.92. The van der Waals surface area contributed by atoms with E-state index in [2.05, 4.69) is 55.4 Å². The second kappa shape index (κ2) is 10.1. The van der Waals surface area contributed by atoms with Crippen molar-refractivity contribution in [2.75, 3.05) is 46.3 Å². The minimum Gasteiger partial charge on any atom is -0.361 e. The van der Waals surface area contributed by atoms with E-state index in [-0.39, 0.29) is 6.04 Å². The number of hydrogen-bond donors (Lipinski definition) is 3. The van der Waals surface area contributed by atoms with Crippen LogP contribution < -0.4 is 10.6 Å². The third kappa shape index (κ3) is 5.33. The summed E-state index contributed by atoms with van der Waals surface area (Å²) in [5.74, 6) is -1.16. The molecule has 0 bridgehead atoms. The van der Waals surface area contributed by atoms with Gasteiger partial charge in [0.15, 0.2) is 0 Å². The number of amides is 2. The molecule has 0 radical (unpaired) electrons. The number of thiophene rings is 1. The monoisotopic (exact) mass is 439 g/mol. The van der Waals surface area contributed by atoms with Crippen LogP contribution in [0.1, 0.15) is 17.2 Å². The third-order valence-corrected chi connectivity index (χ3v) is 6.63. The Kier molecular flexibility index (Phi) is 7.01. The van der Waals surface area contributed by atoms with E-state index >= 15 is 0 Å². The van der Waals surface area contributed by atoms with Crippen molar-refractivity contribution in [1.82, 2.24) is 25.4 Å². The standard InChI is InChI=1S/C23H29N5O2S/c1-27-9-11-28(12-10-27)21(18-7-13-31-16-18)15-26-23(30)22(29)24-8-6-17-14-25-20-5-3-2-4-19(17)20/h2-5,7,13-14,16,21,25H,6,8-12,15H2,1H3,(H,24,29)(H,26,30). The molecule has 3 heterocycles. The molecule has 1 aliphatic rings. The van der Waals surface area contributed by atoms with Gasteiger partial charge in [0.2, 0.25) is 0 Å². The van der Waals surface area contributed by atoms with Gasteiger partial charge in [0.1, 0.15) is 0 Å². The van der Waals surface area contributed by atoms with Gasteiger partial charge in [-0.25, -0.2) is 0 Å². The highest BCUT2D eigenvalue weighted by Gasteiger charge is 2.25. The largest absolute Gasteiger partial charge is 0.361 e. The number of nitrogens with one attached hydrogen (secondary N) is 3. The Balaban J connectivity index is 1.27. The van der Waals surface area contributed by atoms with Crippen LogP contribution in [-0.2, 0) is 16.0 Å². The lowest BCUT2D eigenvalue weighted by Crippen LogP contribution is -2.49. The van der Waals surface area contributed by atoms with Gasteiger partial charge in [-0.3, -0.25) is 14.5 Å². The summed E-state index contributed by atoms with van der Waals surface area (Å²) in [4.78, 5) is 32.6. The average Bonchev–Trinajstić information content (AvgIpc) is 3.45. The molecule has 1 saturated heterocycles. The first-order valence-electron chi connectivity index (χ1n) is 10.7. The topological polar surface area (TPSA) is 80.5 Å². The predicted octanol–water partition coefficient (Wildman–Crippen LogP) is 1.99. The fraction of sp³-hybridized carbons (Fsp3) is 0.391. The van der Waals surface area contributed by atoms with Gasteiger partial charge in [0.25, 0.3) is 0 Å². The molecule has 3 aromatic rings. The van der Waals surface area contributed by atoms with Gasteiger partial charge in [-0.15, -0.1) is 0 Å². The molecule has 2 amide bonds. The first-order chi connectivity index (χ1) is 15.1. The number of aromatic amines is 1. The van der Waals surface area contributed by atoms with Gasteiger partial charge in [-0.1, -0.05) is 18.2 Å².